The van der Waals surface area contributed by atoms with E-state index in [0.29, 0.717) is 12.0 Å². The van der Waals surface area contributed by atoms with Crippen molar-refractivity contribution in [1.29, 1.82) is 0 Å². The van der Waals surface area contributed by atoms with Gasteiger partial charge in [-0.15, -0.1) is 0 Å². The standard InChI is InChI=1S/C19H15NO3/c20-18(21)16-10-9-13-3-1-2-4-15(13)17(16)11-12-5-7-14(8-6-12)19(22)23/h1-10H,11H2,(H2,20,21)(H,22,23). The summed E-state index contributed by atoms with van der Waals surface area (Å²) in [7, 11) is 0. The minimum Gasteiger partial charge on any atom is -0.478 e. The van der Waals surface area contributed by atoms with Crippen LogP contribution >= 0.6 is 0 Å². The average Bonchev–Trinajstić information content (AvgIpc) is 2.55. The summed E-state index contributed by atoms with van der Waals surface area (Å²) in [5.74, 6) is -1.42. The summed E-state index contributed by atoms with van der Waals surface area (Å²) in [5.41, 5.74) is 8.02. The third kappa shape index (κ3) is 2.92. The van der Waals surface area contributed by atoms with E-state index in [9.17, 15) is 9.59 Å². The van der Waals surface area contributed by atoms with Crippen molar-refractivity contribution in [3.05, 3.63) is 82.9 Å². The Balaban J connectivity index is 2.09. The Bertz CT molecular complexity index is 898. The first kappa shape index (κ1) is 14.8. The minimum atomic E-state index is -0.959. The lowest BCUT2D eigenvalue weighted by atomic mass is 9.93. The van der Waals surface area contributed by atoms with Crippen LogP contribution < -0.4 is 5.73 Å². The molecule has 3 rings (SSSR count). The molecule has 0 radical (unpaired) electrons. The highest BCUT2D eigenvalue weighted by molar-refractivity contribution is 6.00. The summed E-state index contributed by atoms with van der Waals surface area (Å²) >= 11 is 0. The first-order valence-corrected chi connectivity index (χ1v) is 7.19. The number of benzene rings is 3. The lowest BCUT2D eigenvalue weighted by Crippen LogP contribution is -2.14. The predicted octanol–water partition coefficient (Wildman–Crippen LogP) is 3.23. The van der Waals surface area contributed by atoms with Crippen molar-refractivity contribution in [3.63, 3.8) is 0 Å². The molecule has 3 N–H and O–H groups in total. The fourth-order valence-corrected chi connectivity index (χ4v) is 2.73. The van der Waals surface area contributed by atoms with Gasteiger partial charge in [0.05, 0.1) is 5.56 Å². The van der Waals surface area contributed by atoms with Crippen molar-refractivity contribution in [2.45, 2.75) is 6.42 Å². The molecule has 0 atom stereocenters. The van der Waals surface area contributed by atoms with Crippen molar-refractivity contribution in [3.8, 4) is 0 Å². The van der Waals surface area contributed by atoms with Crippen molar-refractivity contribution in [2.75, 3.05) is 0 Å². The molecule has 23 heavy (non-hydrogen) atoms. The molecule has 0 saturated heterocycles. The Morgan fingerprint density at radius 2 is 1.61 bits per heavy atom. The van der Waals surface area contributed by atoms with Gasteiger partial charge in [0.15, 0.2) is 0 Å². The summed E-state index contributed by atoms with van der Waals surface area (Å²) in [6.07, 6.45) is 0.513. The van der Waals surface area contributed by atoms with Crippen molar-refractivity contribution in [1.82, 2.24) is 0 Å². The molecule has 3 aromatic carbocycles. The van der Waals surface area contributed by atoms with E-state index in [2.05, 4.69) is 0 Å². The quantitative estimate of drug-likeness (QED) is 0.776. The van der Waals surface area contributed by atoms with Crippen molar-refractivity contribution < 1.29 is 14.7 Å². The van der Waals surface area contributed by atoms with Crippen LogP contribution in [0.2, 0.25) is 0 Å². The Kier molecular flexibility index (Phi) is 3.81. The fraction of sp³-hybridized carbons (Fsp3) is 0.0526. The maximum absolute atomic E-state index is 11.7. The normalized spacial score (nSPS) is 10.6. The van der Waals surface area contributed by atoms with E-state index in [4.69, 9.17) is 10.8 Å². The van der Waals surface area contributed by atoms with Crippen LogP contribution in [0.15, 0.2) is 60.7 Å². The largest absolute Gasteiger partial charge is 0.478 e. The number of carboxylic acids is 1. The minimum absolute atomic E-state index is 0.238. The fourth-order valence-electron chi connectivity index (χ4n) is 2.73. The third-order valence-electron chi connectivity index (χ3n) is 3.89. The third-order valence-corrected chi connectivity index (χ3v) is 3.89. The van der Waals surface area contributed by atoms with Crippen LogP contribution in [0.1, 0.15) is 31.8 Å². The maximum atomic E-state index is 11.7. The zero-order chi connectivity index (χ0) is 16.4. The van der Waals surface area contributed by atoms with Crippen LogP contribution in [0.4, 0.5) is 0 Å². The van der Waals surface area contributed by atoms with Gasteiger partial charge < -0.3 is 10.8 Å². The van der Waals surface area contributed by atoms with Crippen LogP contribution in [0.3, 0.4) is 0 Å². The molecule has 0 aromatic heterocycles. The molecule has 1 amide bonds. The van der Waals surface area contributed by atoms with E-state index >= 15 is 0 Å². The molecule has 0 unspecified atom stereocenters. The number of amides is 1. The summed E-state index contributed by atoms with van der Waals surface area (Å²) in [6.45, 7) is 0. The summed E-state index contributed by atoms with van der Waals surface area (Å²) < 4.78 is 0. The summed E-state index contributed by atoms with van der Waals surface area (Å²) in [4.78, 5) is 22.7. The van der Waals surface area contributed by atoms with Gasteiger partial charge in [0.25, 0.3) is 0 Å². The van der Waals surface area contributed by atoms with Gasteiger partial charge in [-0.25, -0.2) is 4.79 Å². The van der Waals surface area contributed by atoms with E-state index in [-0.39, 0.29) is 5.56 Å². The molecular weight excluding hydrogens is 290 g/mol. The first-order chi connectivity index (χ1) is 11.1. The van der Waals surface area contributed by atoms with E-state index in [1.54, 1.807) is 30.3 Å². The molecule has 3 aromatic rings. The van der Waals surface area contributed by atoms with Gasteiger partial charge in [0.1, 0.15) is 0 Å². The zero-order valence-corrected chi connectivity index (χ0v) is 12.3. The molecule has 4 heteroatoms. The number of aromatic carboxylic acids is 1. The Morgan fingerprint density at radius 3 is 2.26 bits per heavy atom. The Hall–Kier alpha value is -3.14. The number of hydrogen-bond acceptors (Lipinski definition) is 2. The van der Waals surface area contributed by atoms with Crippen LogP contribution in [0.25, 0.3) is 10.8 Å². The van der Waals surface area contributed by atoms with E-state index in [1.807, 2.05) is 30.3 Å². The van der Waals surface area contributed by atoms with Gasteiger partial charge in [-0.05, 0) is 46.5 Å². The molecule has 0 aliphatic carbocycles. The molecule has 114 valence electrons. The van der Waals surface area contributed by atoms with E-state index in [0.717, 1.165) is 21.9 Å². The van der Waals surface area contributed by atoms with Crippen molar-refractivity contribution in [2.24, 2.45) is 5.73 Å². The molecule has 0 aliphatic heterocycles. The summed E-state index contributed by atoms with van der Waals surface area (Å²) in [5, 5.41) is 11.0. The molecular formula is C19H15NO3. The van der Waals surface area contributed by atoms with Crippen LogP contribution in [-0.4, -0.2) is 17.0 Å². The Labute approximate surface area is 133 Å². The molecule has 0 bridgehead atoms. The van der Waals surface area contributed by atoms with Gasteiger partial charge in [0.2, 0.25) is 5.91 Å². The average molecular weight is 305 g/mol. The van der Waals surface area contributed by atoms with Crippen LogP contribution in [0, 0.1) is 0 Å². The number of carboxylic acid groups (broad SMARTS) is 1. The topological polar surface area (TPSA) is 80.4 Å². The molecule has 0 heterocycles. The SMILES string of the molecule is NC(=O)c1ccc2ccccc2c1Cc1ccc(C(=O)O)cc1. The van der Waals surface area contributed by atoms with Crippen LogP contribution in [-0.2, 0) is 6.42 Å². The number of rotatable bonds is 4. The molecule has 0 spiro atoms. The monoisotopic (exact) mass is 305 g/mol. The smallest absolute Gasteiger partial charge is 0.335 e. The number of nitrogens with two attached hydrogens (primary N) is 1. The maximum Gasteiger partial charge on any atom is 0.335 e. The molecule has 0 saturated carbocycles. The van der Waals surface area contributed by atoms with Gasteiger partial charge in [-0.1, -0.05) is 42.5 Å². The van der Waals surface area contributed by atoms with E-state index < -0.39 is 11.9 Å². The van der Waals surface area contributed by atoms with Crippen molar-refractivity contribution >= 4 is 22.6 Å². The highest BCUT2D eigenvalue weighted by atomic mass is 16.4. The predicted molar refractivity (Wildman–Crippen MR) is 88.7 cm³/mol. The molecule has 0 aliphatic rings. The second-order valence-corrected chi connectivity index (χ2v) is 5.36. The summed E-state index contributed by atoms with van der Waals surface area (Å²) in [6, 6.07) is 18.1. The number of fused-ring (bicyclic) bond motifs is 1. The second kappa shape index (κ2) is 5.93. The van der Waals surface area contributed by atoms with Gasteiger partial charge >= 0.3 is 5.97 Å². The lowest BCUT2D eigenvalue weighted by molar-refractivity contribution is 0.0696. The zero-order valence-electron chi connectivity index (χ0n) is 12.3. The second-order valence-electron chi connectivity index (χ2n) is 5.36. The Morgan fingerprint density at radius 1 is 0.913 bits per heavy atom. The first-order valence-electron chi connectivity index (χ1n) is 7.19. The molecule has 4 nitrogen and oxygen atoms in total. The van der Waals surface area contributed by atoms with Gasteiger partial charge in [0, 0.05) is 5.56 Å². The molecule has 0 fully saturated rings. The number of hydrogen-bond donors (Lipinski definition) is 2. The lowest BCUT2D eigenvalue weighted by Gasteiger charge is -2.11. The highest BCUT2D eigenvalue weighted by Gasteiger charge is 2.13. The van der Waals surface area contributed by atoms with Gasteiger partial charge in [-0.3, -0.25) is 4.79 Å². The van der Waals surface area contributed by atoms with Gasteiger partial charge in [-0.2, -0.15) is 0 Å². The number of carbonyl (C=O) groups excluding carboxylic acids is 1. The number of primary amides is 1. The van der Waals surface area contributed by atoms with E-state index in [1.165, 1.54) is 0 Å². The highest BCUT2D eigenvalue weighted by Crippen LogP contribution is 2.25. The van der Waals surface area contributed by atoms with Crippen LogP contribution in [0.5, 0.6) is 0 Å². The number of carbonyl (C=O) groups is 2.